The third kappa shape index (κ3) is 2.21. The van der Waals surface area contributed by atoms with Gasteiger partial charge in [-0.15, -0.1) is 0 Å². The van der Waals surface area contributed by atoms with Gasteiger partial charge in [-0.25, -0.2) is 0 Å². The number of anilines is 1. The van der Waals surface area contributed by atoms with Gasteiger partial charge >= 0.3 is 5.69 Å². The van der Waals surface area contributed by atoms with Crippen LogP contribution in [0.1, 0.15) is 19.3 Å². The fraction of sp³-hybridized carbons (Fsp3) is 0.455. The van der Waals surface area contributed by atoms with Crippen molar-refractivity contribution in [2.75, 3.05) is 18.0 Å². The second kappa shape index (κ2) is 4.50. The topological polar surface area (TPSA) is 31.4 Å². The first-order valence-electron chi connectivity index (χ1n) is 5.21. The molecular weight excluding hydrogens is 210 g/mol. The van der Waals surface area contributed by atoms with E-state index in [4.69, 9.17) is 17.0 Å². The number of rotatable bonds is 1. The van der Waals surface area contributed by atoms with E-state index in [-0.39, 0.29) is 0 Å². The molecule has 0 saturated carbocycles. The molecule has 0 aromatic heterocycles. The van der Waals surface area contributed by atoms with Crippen LogP contribution in [0.3, 0.4) is 0 Å². The molecule has 3 nitrogen and oxygen atoms in total. The Labute approximate surface area is 94.3 Å². The highest BCUT2D eigenvalue weighted by Crippen LogP contribution is 2.31. The van der Waals surface area contributed by atoms with E-state index in [1.54, 1.807) is 12.1 Å². The standard InChI is InChI=1S/C11H13ClN3/c12-10-8-9(14-13)4-5-11(10)15-6-2-1-3-7-15/h4-5,8H,1-3,6-7H2/q+1. The average Bonchev–Trinajstić information content (AvgIpc) is 2.30. The average molecular weight is 223 g/mol. The Bertz CT molecular complexity index is 391. The van der Waals surface area contributed by atoms with E-state index in [1.807, 2.05) is 6.07 Å². The van der Waals surface area contributed by atoms with Gasteiger partial charge in [-0.2, -0.15) is 0 Å². The Morgan fingerprint density at radius 1 is 1.20 bits per heavy atom. The molecule has 1 aliphatic heterocycles. The summed E-state index contributed by atoms with van der Waals surface area (Å²) in [6.45, 7) is 2.13. The second-order valence-electron chi connectivity index (χ2n) is 3.78. The highest BCUT2D eigenvalue weighted by molar-refractivity contribution is 6.33. The monoisotopic (exact) mass is 222 g/mol. The Morgan fingerprint density at radius 3 is 2.53 bits per heavy atom. The number of hydrogen-bond acceptors (Lipinski definition) is 2. The summed E-state index contributed by atoms with van der Waals surface area (Å²) in [6.07, 6.45) is 3.75. The zero-order chi connectivity index (χ0) is 10.7. The Morgan fingerprint density at radius 2 is 1.93 bits per heavy atom. The Kier molecular flexibility index (Phi) is 3.08. The zero-order valence-electron chi connectivity index (χ0n) is 8.49. The molecule has 0 amide bonds. The fourth-order valence-electron chi connectivity index (χ4n) is 1.95. The molecule has 0 unspecified atom stereocenters. The second-order valence-corrected chi connectivity index (χ2v) is 4.19. The van der Waals surface area contributed by atoms with Gasteiger partial charge in [-0.05, 0) is 25.3 Å². The minimum absolute atomic E-state index is 0.501. The van der Waals surface area contributed by atoms with Gasteiger partial charge in [0.15, 0.2) is 4.98 Å². The number of piperidine rings is 1. The van der Waals surface area contributed by atoms with Gasteiger partial charge in [0.2, 0.25) is 5.39 Å². The number of diazo groups is 1. The van der Waals surface area contributed by atoms with Gasteiger partial charge < -0.3 is 4.90 Å². The lowest BCUT2D eigenvalue weighted by Gasteiger charge is -2.29. The molecular formula is C11H13ClN3+. The first-order valence-corrected chi connectivity index (χ1v) is 5.58. The number of hydrogen-bond donors (Lipinski definition) is 0. The lowest BCUT2D eigenvalue weighted by atomic mass is 10.1. The number of nitrogens with zero attached hydrogens (tertiary/aromatic N) is 3. The van der Waals surface area contributed by atoms with Crippen molar-refractivity contribution in [3.05, 3.63) is 28.2 Å². The maximum absolute atomic E-state index is 8.62. The highest BCUT2D eigenvalue weighted by atomic mass is 35.5. The smallest absolute Gasteiger partial charge is 0.370 e. The summed E-state index contributed by atoms with van der Waals surface area (Å²) in [5.41, 5.74) is 1.55. The lowest BCUT2D eigenvalue weighted by molar-refractivity contribution is 0.578. The van der Waals surface area contributed by atoms with E-state index < -0.39 is 0 Å². The summed E-state index contributed by atoms with van der Waals surface area (Å²) < 4.78 is 0. The molecule has 1 fully saturated rings. The maximum Gasteiger partial charge on any atom is 0.386 e. The number of halogens is 1. The zero-order valence-corrected chi connectivity index (χ0v) is 9.24. The molecule has 2 rings (SSSR count). The molecule has 1 heterocycles. The van der Waals surface area contributed by atoms with Crippen LogP contribution in [0.15, 0.2) is 18.2 Å². The lowest BCUT2D eigenvalue weighted by Crippen LogP contribution is -2.29. The summed E-state index contributed by atoms with van der Waals surface area (Å²) in [4.78, 5) is 5.40. The quantitative estimate of drug-likeness (QED) is 0.677. The molecule has 1 aliphatic rings. The third-order valence-electron chi connectivity index (χ3n) is 2.74. The van der Waals surface area contributed by atoms with E-state index in [0.29, 0.717) is 10.7 Å². The van der Waals surface area contributed by atoms with Gasteiger partial charge in [-0.3, -0.25) is 0 Å². The van der Waals surface area contributed by atoms with Crippen molar-refractivity contribution in [2.24, 2.45) is 0 Å². The summed E-state index contributed by atoms with van der Waals surface area (Å²) in [5, 5.41) is 9.28. The summed E-state index contributed by atoms with van der Waals surface area (Å²) >= 11 is 6.13. The normalized spacial score (nSPS) is 16.1. The van der Waals surface area contributed by atoms with Crippen molar-refractivity contribution in [3.8, 4) is 0 Å². The summed E-state index contributed by atoms with van der Waals surface area (Å²) in [5.74, 6) is 0. The molecule has 1 aromatic carbocycles. The minimum Gasteiger partial charge on any atom is -0.370 e. The highest BCUT2D eigenvalue weighted by Gasteiger charge is 2.16. The van der Waals surface area contributed by atoms with Gasteiger partial charge in [0.1, 0.15) is 0 Å². The van der Waals surface area contributed by atoms with Crippen LogP contribution in [-0.4, -0.2) is 13.1 Å². The van der Waals surface area contributed by atoms with E-state index in [9.17, 15) is 0 Å². The van der Waals surface area contributed by atoms with E-state index in [2.05, 4.69) is 9.88 Å². The van der Waals surface area contributed by atoms with Crippen LogP contribution >= 0.6 is 11.6 Å². The first-order chi connectivity index (χ1) is 7.31. The van der Waals surface area contributed by atoms with Crippen LogP contribution in [0.2, 0.25) is 5.02 Å². The molecule has 0 bridgehead atoms. The Balaban J connectivity index is 2.24. The molecule has 0 aliphatic carbocycles. The van der Waals surface area contributed by atoms with Crippen LogP contribution in [0.5, 0.6) is 0 Å². The molecule has 4 heteroatoms. The Hall–Kier alpha value is -1.27. The third-order valence-corrected chi connectivity index (χ3v) is 3.05. The van der Waals surface area contributed by atoms with Crippen LogP contribution in [0.4, 0.5) is 11.4 Å². The van der Waals surface area contributed by atoms with E-state index in [0.717, 1.165) is 18.8 Å². The SMILES string of the molecule is N#[N+]c1ccc(N2CCCCC2)c(Cl)c1. The van der Waals surface area contributed by atoms with Crippen LogP contribution < -0.4 is 4.90 Å². The van der Waals surface area contributed by atoms with E-state index in [1.165, 1.54) is 19.3 Å². The first kappa shape index (κ1) is 10.3. The molecule has 15 heavy (non-hydrogen) atoms. The molecule has 0 spiro atoms. The largest absolute Gasteiger partial charge is 0.386 e. The van der Waals surface area contributed by atoms with Crippen molar-refractivity contribution in [3.63, 3.8) is 0 Å². The van der Waals surface area contributed by atoms with Crippen LogP contribution in [0, 0.1) is 5.39 Å². The summed E-state index contributed by atoms with van der Waals surface area (Å²) in [6, 6.07) is 5.38. The van der Waals surface area contributed by atoms with Crippen molar-refractivity contribution < 1.29 is 0 Å². The minimum atomic E-state index is 0.501. The van der Waals surface area contributed by atoms with Crippen molar-refractivity contribution >= 4 is 23.0 Å². The molecule has 1 aromatic rings. The van der Waals surface area contributed by atoms with Crippen molar-refractivity contribution in [1.29, 1.82) is 5.39 Å². The van der Waals surface area contributed by atoms with Gasteiger partial charge in [0.05, 0.1) is 16.8 Å². The summed E-state index contributed by atoms with van der Waals surface area (Å²) in [7, 11) is 0. The molecule has 1 saturated heterocycles. The van der Waals surface area contributed by atoms with Crippen molar-refractivity contribution in [2.45, 2.75) is 19.3 Å². The molecule has 0 radical (unpaired) electrons. The van der Waals surface area contributed by atoms with Gasteiger partial charge in [0.25, 0.3) is 0 Å². The predicted molar refractivity (Wildman–Crippen MR) is 62.3 cm³/mol. The molecule has 0 atom stereocenters. The van der Waals surface area contributed by atoms with Gasteiger partial charge in [0, 0.05) is 19.2 Å². The maximum atomic E-state index is 8.62. The molecule has 78 valence electrons. The van der Waals surface area contributed by atoms with Crippen LogP contribution in [-0.2, 0) is 0 Å². The van der Waals surface area contributed by atoms with E-state index >= 15 is 0 Å². The fourth-order valence-corrected chi connectivity index (χ4v) is 2.24. The predicted octanol–water partition coefficient (Wildman–Crippen LogP) is 3.81. The number of benzene rings is 1. The van der Waals surface area contributed by atoms with Crippen molar-refractivity contribution in [1.82, 2.24) is 0 Å². The molecule has 0 N–H and O–H groups in total. The van der Waals surface area contributed by atoms with Crippen LogP contribution in [0.25, 0.3) is 4.98 Å². The van der Waals surface area contributed by atoms with Gasteiger partial charge in [-0.1, -0.05) is 11.6 Å².